The zero-order valence-electron chi connectivity index (χ0n) is 30.1. The lowest BCUT2D eigenvalue weighted by Gasteiger charge is -2.43. The second-order valence-electron chi connectivity index (χ2n) is 13.9. The third kappa shape index (κ3) is 12.4. The van der Waals surface area contributed by atoms with Gasteiger partial charge in [0, 0.05) is 7.26 Å². The van der Waals surface area contributed by atoms with Gasteiger partial charge in [-0.15, -0.1) is 0 Å². The first-order valence-electron chi connectivity index (χ1n) is 18.2. The van der Waals surface area contributed by atoms with Gasteiger partial charge in [-0.1, -0.05) is 97.8 Å². The van der Waals surface area contributed by atoms with E-state index in [0.29, 0.717) is 38.5 Å². The van der Waals surface area contributed by atoms with Crippen molar-refractivity contribution in [2.75, 3.05) is 24.6 Å². The van der Waals surface area contributed by atoms with Crippen LogP contribution in [0.4, 0.5) is 74.6 Å². The highest BCUT2D eigenvalue weighted by Crippen LogP contribution is 2.66. The minimum Gasteiger partial charge on any atom is -0.199 e. The van der Waals surface area contributed by atoms with Gasteiger partial charge in [0.15, 0.2) is 0 Å². The monoisotopic (exact) mass is 817 g/mol. The highest BCUT2D eigenvalue weighted by Gasteiger charge is 2.95. The van der Waals surface area contributed by atoms with E-state index >= 15 is 8.78 Å². The predicted octanol–water partition coefficient (Wildman–Crippen LogP) is 15.5. The van der Waals surface area contributed by atoms with E-state index in [1.165, 1.54) is 0 Å². The molecule has 0 aliphatic carbocycles. The fourth-order valence-corrected chi connectivity index (χ4v) is 10.9. The molecule has 0 aromatic rings. The highest BCUT2D eigenvalue weighted by molar-refractivity contribution is 7.75. The van der Waals surface area contributed by atoms with Crippen LogP contribution in [0.25, 0.3) is 0 Å². The van der Waals surface area contributed by atoms with E-state index in [4.69, 9.17) is 0 Å². The Labute approximate surface area is 297 Å². The van der Waals surface area contributed by atoms with E-state index in [0.717, 1.165) is 77.0 Å². The minimum absolute atomic E-state index is 0.258. The molecule has 0 aromatic carbocycles. The summed E-state index contributed by atoms with van der Waals surface area (Å²) in [6.07, 6.45) is 3.38. The number of halogens is 17. The molecule has 0 nitrogen and oxygen atoms in total. The predicted molar refractivity (Wildman–Crippen MR) is 172 cm³/mol. The van der Waals surface area contributed by atoms with Gasteiger partial charge in [0.2, 0.25) is 0 Å². The summed E-state index contributed by atoms with van der Waals surface area (Å²) in [6, 6.07) is 0. The van der Waals surface area contributed by atoms with Crippen LogP contribution >= 0.6 is 7.26 Å². The van der Waals surface area contributed by atoms with E-state index in [1.807, 2.05) is 20.8 Å². The van der Waals surface area contributed by atoms with E-state index in [-0.39, 0.29) is 18.5 Å². The first-order valence-corrected chi connectivity index (χ1v) is 20.7. The van der Waals surface area contributed by atoms with Crippen molar-refractivity contribution >= 4 is 7.26 Å². The molecule has 314 valence electrons. The van der Waals surface area contributed by atoms with Crippen LogP contribution in [0.2, 0.25) is 0 Å². The van der Waals surface area contributed by atoms with Crippen molar-refractivity contribution in [1.82, 2.24) is 0 Å². The van der Waals surface area contributed by atoms with Crippen molar-refractivity contribution < 1.29 is 74.6 Å². The molecule has 0 aromatic heterocycles. The second kappa shape index (κ2) is 21.0. The first-order chi connectivity index (χ1) is 23.6. The molecule has 0 heterocycles. The summed E-state index contributed by atoms with van der Waals surface area (Å²) < 4.78 is 237. The summed E-state index contributed by atoms with van der Waals surface area (Å²) in [5.74, 6) is -55.9. The molecule has 0 aliphatic rings. The Balaban J connectivity index is 6.61. The van der Waals surface area contributed by atoms with Crippen LogP contribution in [-0.2, 0) is 0 Å². The van der Waals surface area contributed by atoms with Crippen molar-refractivity contribution in [3.63, 3.8) is 0 Å². The average Bonchev–Trinajstić information content (AvgIpc) is 3.03. The average molecular weight is 818 g/mol. The number of hydrogen-bond acceptors (Lipinski definition) is 0. The Morgan fingerprint density at radius 1 is 0.288 bits per heavy atom. The molecule has 52 heavy (non-hydrogen) atoms. The molecule has 0 bridgehead atoms. The normalized spacial score (nSPS) is 14.8. The van der Waals surface area contributed by atoms with Crippen LogP contribution in [0.5, 0.6) is 0 Å². The largest absolute Gasteiger partial charge is 0.460 e. The van der Waals surface area contributed by atoms with Crippen LogP contribution in [0.1, 0.15) is 143 Å². The molecule has 0 saturated heterocycles. The Hall–Kier alpha value is -0.760. The zero-order chi connectivity index (χ0) is 40.8. The van der Waals surface area contributed by atoms with Gasteiger partial charge in [0.25, 0.3) is 0 Å². The number of unbranched alkanes of at least 4 members (excludes halogenated alkanes) is 15. The fourth-order valence-electron chi connectivity index (χ4n) is 6.08. The highest BCUT2D eigenvalue weighted by atomic mass is 31.2. The lowest BCUT2D eigenvalue weighted by Crippen LogP contribution is -2.74. The van der Waals surface area contributed by atoms with Gasteiger partial charge in [-0.3, -0.25) is 0 Å². The summed E-state index contributed by atoms with van der Waals surface area (Å²) in [6.45, 7) is 5.91. The van der Waals surface area contributed by atoms with Crippen molar-refractivity contribution in [3.05, 3.63) is 0 Å². The van der Waals surface area contributed by atoms with Crippen LogP contribution in [0, 0.1) is 0 Å². The molecule has 0 spiro atoms. The molecule has 0 rings (SSSR count). The second-order valence-corrected chi connectivity index (χ2v) is 18.4. The maximum absolute atomic E-state index is 15.1. The summed E-state index contributed by atoms with van der Waals surface area (Å²) in [7, 11) is -2.76. The standard InChI is InChI=1S/C34H55F17P/c1-4-7-10-13-16-19-23-52(24-20-17-14-11-8-5-2,25-21-18-15-12-9-6-3)26-22-27(35,36)28(37,38)29(39,40)30(41,42)31(43,44)32(45,46)33(47,48)34(49,50)51/h4-26H2,1-3H3/q+1. The van der Waals surface area contributed by atoms with Gasteiger partial charge in [-0.05, 0) is 38.5 Å². The molecule has 0 amide bonds. The van der Waals surface area contributed by atoms with E-state index in [1.54, 1.807) is 0 Å². The molecule has 18 heteroatoms. The summed E-state index contributed by atoms with van der Waals surface area (Å²) in [4.78, 5) is 0. The molecular formula is C34H55F17P+. The topological polar surface area (TPSA) is 0 Å². The van der Waals surface area contributed by atoms with Gasteiger partial charge in [-0.25, -0.2) is 0 Å². The van der Waals surface area contributed by atoms with Crippen LogP contribution in [-0.4, -0.2) is 72.3 Å². The molecule has 0 radical (unpaired) electrons. The Morgan fingerprint density at radius 3 is 0.827 bits per heavy atom. The Kier molecular flexibility index (Phi) is 20.7. The third-order valence-electron chi connectivity index (χ3n) is 9.65. The Bertz CT molecular complexity index is 937. The quantitative estimate of drug-likeness (QED) is 0.0385. The smallest absolute Gasteiger partial charge is 0.199 e. The van der Waals surface area contributed by atoms with Gasteiger partial charge >= 0.3 is 47.6 Å². The molecule has 0 fully saturated rings. The van der Waals surface area contributed by atoms with Crippen LogP contribution < -0.4 is 0 Å². The summed E-state index contributed by atoms with van der Waals surface area (Å²) in [5, 5.41) is 0. The van der Waals surface area contributed by atoms with E-state index in [9.17, 15) is 65.9 Å². The van der Waals surface area contributed by atoms with Gasteiger partial charge in [0.1, 0.15) is 0 Å². The van der Waals surface area contributed by atoms with Crippen molar-refractivity contribution in [2.45, 2.75) is 190 Å². The Morgan fingerprint density at radius 2 is 0.538 bits per heavy atom. The van der Waals surface area contributed by atoms with Gasteiger partial charge < -0.3 is 0 Å². The van der Waals surface area contributed by atoms with Gasteiger partial charge in [0.05, 0.1) is 31.1 Å². The molecule has 0 N–H and O–H groups in total. The SMILES string of the molecule is CCCCCCCC[P+](CCCCCCCC)(CCCCCCCC)CCC(F)(F)C(F)(F)C(F)(F)C(F)(F)C(F)(F)C(F)(F)C(F)(F)C(F)(F)F. The number of hydrogen-bond donors (Lipinski definition) is 0. The molecule has 0 unspecified atom stereocenters. The van der Waals surface area contributed by atoms with E-state index < -0.39 is 67.5 Å². The lowest BCUT2D eigenvalue weighted by atomic mass is 9.88. The van der Waals surface area contributed by atoms with E-state index in [2.05, 4.69) is 0 Å². The molecule has 0 atom stereocenters. The van der Waals surface area contributed by atoms with Crippen LogP contribution in [0.3, 0.4) is 0 Å². The zero-order valence-corrected chi connectivity index (χ0v) is 31.0. The number of rotatable bonds is 30. The summed E-state index contributed by atoms with van der Waals surface area (Å²) in [5.41, 5.74) is 0. The minimum atomic E-state index is -8.59. The maximum atomic E-state index is 15.1. The fraction of sp³-hybridized carbons (Fsp3) is 1.00. The number of alkyl halides is 17. The summed E-state index contributed by atoms with van der Waals surface area (Å²) >= 11 is 0. The first kappa shape index (κ1) is 51.2. The molecule has 0 aliphatic heterocycles. The van der Waals surface area contributed by atoms with Crippen molar-refractivity contribution in [3.8, 4) is 0 Å². The molecular weight excluding hydrogens is 762 g/mol. The van der Waals surface area contributed by atoms with Crippen molar-refractivity contribution in [1.29, 1.82) is 0 Å². The van der Waals surface area contributed by atoms with Gasteiger partial charge in [-0.2, -0.15) is 74.6 Å². The third-order valence-corrected chi connectivity index (χ3v) is 14.6. The molecule has 0 saturated carbocycles. The van der Waals surface area contributed by atoms with Crippen molar-refractivity contribution in [2.24, 2.45) is 0 Å². The maximum Gasteiger partial charge on any atom is 0.460 e. The lowest BCUT2D eigenvalue weighted by molar-refractivity contribution is -0.461. The van der Waals surface area contributed by atoms with Crippen LogP contribution in [0.15, 0.2) is 0 Å².